The Morgan fingerprint density at radius 1 is 1.39 bits per heavy atom. The fraction of sp³-hybridized carbons (Fsp3) is 0.417. The average Bonchev–Trinajstić information content (AvgIpc) is 2.78. The summed E-state index contributed by atoms with van der Waals surface area (Å²) in [5.74, 6) is -1.71. The van der Waals surface area contributed by atoms with Crippen LogP contribution in [0.5, 0.6) is 0 Å². The zero-order valence-electron chi connectivity index (χ0n) is 9.60. The highest BCUT2D eigenvalue weighted by Gasteiger charge is 2.34. The molecule has 96 valence electrons. The molecule has 6 heteroatoms. The average molecular weight is 269 g/mol. The summed E-state index contributed by atoms with van der Waals surface area (Å²) in [4.78, 5) is 26.8. The first-order valence-corrected chi connectivity index (χ1v) is 6.11. The van der Waals surface area contributed by atoms with E-state index in [1.807, 2.05) is 0 Å². The lowest BCUT2D eigenvalue weighted by Gasteiger charge is -2.17. The molecule has 0 saturated heterocycles. The van der Waals surface area contributed by atoms with Crippen LogP contribution in [0.4, 0.5) is 0 Å². The number of pyridine rings is 1. The number of nitrogens with zero attached hydrogens (tertiary/aromatic N) is 1. The van der Waals surface area contributed by atoms with E-state index in [-0.39, 0.29) is 17.6 Å². The predicted octanol–water partition coefficient (Wildman–Crippen LogP) is 1.72. The Bertz CT molecular complexity index is 461. The fourth-order valence-electron chi connectivity index (χ4n) is 2.18. The number of carboxylic acids is 1. The van der Waals surface area contributed by atoms with Crippen LogP contribution in [-0.4, -0.2) is 28.0 Å². The Hall–Kier alpha value is -1.62. The molecule has 1 aromatic heterocycles. The van der Waals surface area contributed by atoms with Gasteiger partial charge in [-0.1, -0.05) is 18.0 Å². The lowest BCUT2D eigenvalue weighted by Crippen LogP contribution is -2.40. The van der Waals surface area contributed by atoms with Gasteiger partial charge >= 0.3 is 5.97 Å². The molecular formula is C12H13ClN2O3. The largest absolute Gasteiger partial charge is 0.481 e. The second-order valence-corrected chi connectivity index (χ2v) is 4.75. The monoisotopic (exact) mass is 268 g/mol. The number of hydrogen-bond donors (Lipinski definition) is 2. The highest BCUT2D eigenvalue weighted by Crippen LogP contribution is 2.26. The van der Waals surface area contributed by atoms with E-state index in [9.17, 15) is 9.59 Å². The molecule has 1 aliphatic carbocycles. The molecule has 2 N–H and O–H groups in total. The van der Waals surface area contributed by atoms with Gasteiger partial charge in [-0.15, -0.1) is 0 Å². The van der Waals surface area contributed by atoms with Gasteiger partial charge in [0.1, 0.15) is 5.69 Å². The maximum atomic E-state index is 11.9. The number of rotatable bonds is 3. The molecule has 0 aromatic carbocycles. The molecule has 1 aliphatic rings. The number of hydrogen-bond acceptors (Lipinski definition) is 3. The predicted molar refractivity (Wildman–Crippen MR) is 65.5 cm³/mol. The van der Waals surface area contributed by atoms with E-state index >= 15 is 0 Å². The molecule has 1 aromatic rings. The molecule has 0 aliphatic heterocycles. The van der Waals surface area contributed by atoms with Gasteiger partial charge in [-0.3, -0.25) is 9.59 Å². The van der Waals surface area contributed by atoms with Crippen LogP contribution in [0.3, 0.4) is 0 Å². The van der Waals surface area contributed by atoms with Crippen molar-refractivity contribution in [3.63, 3.8) is 0 Å². The molecule has 0 bridgehead atoms. The molecule has 18 heavy (non-hydrogen) atoms. The number of carboxylic acid groups (broad SMARTS) is 1. The Labute approximate surface area is 109 Å². The normalized spacial score (nSPS) is 22.7. The van der Waals surface area contributed by atoms with Crippen molar-refractivity contribution in [2.24, 2.45) is 5.92 Å². The van der Waals surface area contributed by atoms with Crippen LogP contribution in [0.1, 0.15) is 29.8 Å². The van der Waals surface area contributed by atoms with E-state index in [1.165, 1.54) is 12.3 Å². The van der Waals surface area contributed by atoms with E-state index in [4.69, 9.17) is 16.7 Å². The minimum absolute atomic E-state index is 0.246. The SMILES string of the molecule is O=C(NC1CCCC1C(=O)O)c1ccc(Cl)cn1. The number of carbonyl (C=O) groups is 2. The third-order valence-corrected chi connectivity index (χ3v) is 3.33. The van der Waals surface area contributed by atoms with Crippen molar-refractivity contribution in [2.45, 2.75) is 25.3 Å². The number of halogens is 1. The van der Waals surface area contributed by atoms with Crippen molar-refractivity contribution < 1.29 is 14.7 Å². The zero-order chi connectivity index (χ0) is 13.1. The summed E-state index contributed by atoms with van der Waals surface area (Å²) in [6, 6.07) is 2.78. The quantitative estimate of drug-likeness (QED) is 0.875. The molecular weight excluding hydrogens is 256 g/mol. The second kappa shape index (κ2) is 5.35. The van der Waals surface area contributed by atoms with E-state index in [1.54, 1.807) is 6.07 Å². The molecule has 0 radical (unpaired) electrons. The van der Waals surface area contributed by atoms with Gasteiger partial charge in [0.2, 0.25) is 0 Å². The maximum absolute atomic E-state index is 11.9. The summed E-state index contributed by atoms with van der Waals surface area (Å²) in [5, 5.41) is 12.2. The van der Waals surface area contributed by atoms with Crippen LogP contribution in [0, 0.1) is 5.92 Å². The topological polar surface area (TPSA) is 79.3 Å². The first-order valence-electron chi connectivity index (χ1n) is 5.73. The first-order chi connectivity index (χ1) is 8.58. The second-order valence-electron chi connectivity index (χ2n) is 4.32. The highest BCUT2D eigenvalue weighted by atomic mass is 35.5. The fourth-order valence-corrected chi connectivity index (χ4v) is 2.29. The van der Waals surface area contributed by atoms with Gasteiger partial charge in [0, 0.05) is 12.2 Å². The molecule has 1 amide bonds. The minimum atomic E-state index is -0.859. The summed E-state index contributed by atoms with van der Waals surface area (Å²) in [6.45, 7) is 0. The lowest BCUT2D eigenvalue weighted by molar-refractivity contribution is -0.142. The van der Waals surface area contributed by atoms with Crippen LogP contribution in [0.25, 0.3) is 0 Å². The van der Waals surface area contributed by atoms with Crippen molar-refractivity contribution in [1.82, 2.24) is 10.3 Å². The number of aliphatic carboxylic acids is 1. The summed E-state index contributed by atoms with van der Waals surface area (Å²) >= 11 is 5.68. The highest BCUT2D eigenvalue weighted by molar-refractivity contribution is 6.30. The maximum Gasteiger partial charge on any atom is 0.308 e. The van der Waals surface area contributed by atoms with Crippen LogP contribution in [0.2, 0.25) is 5.02 Å². The minimum Gasteiger partial charge on any atom is -0.481 e. The summed E-state index contributed by atoms with van der Waals surface area (Å²) < 4.78 is 0. The van der Waals surface area contributed by atoms with Gasteiger partial charge in [-0.25, -0.2) is 4.98 Å². The van der Waals surface area contributed by atoms with E-state index in [2.05, 4.69) is 10.3 Å². The Balaban J connectivity index is 2.03. The molecule has 1 saturated carbocycles. The van der Waals surface area contributed by atoms with E-state index < -0.39 is 11.9 Å². The van der Waals surface area contributed by atoms with Gasteiger partial charge < -0.3 is 10.4 Å². The van der Waals surface area contributed by atoms with Crippen LogP contribution in [0.15, 0.2) is 18.3 Å². The van der Waals surface area contributed by atoms with Gasteiger partial charge in [-0.2, -0.15) is 0 Å². The van der Waals surface area contributed by atoms with Gasteiger partial charge in [0.25, 0.3) is 5.91 Å². The molecule has 1 fully saturated rings. The Morgan fingerprint density at radius 2 is 2.17 bits per heavy atom. The van der Waals surface area contributed by atoms with Crippen molar-refractivity contribution in [2.75, 3.05) is 0 Å². The first kappa shape index (κ1) is 12.8. The van der Waals surface area contributed by atoms with Crippen LogP contribution in [-0.2, 0) is 4.79 Å². The van der Waals surface area contributed by atoms with Crippen molar-refractivity contribution in [1.29, 1.82) is 0 Å². The molecule has 2 unspecified atom stereocenters. The van der Waals surface area contributed by atoms with Crippen LogP contribution >= 0.6 is 11.6 Å². The number of nitrogens with one attached hydrogen (secondary N) is 1. The standard InChI is InChI=1S/C12H13ClN2O3/c13-7-4-5-10(14-6-7)11(16)15-9-3-1-2-8(9)12(17)18/h4-6,8-9H,1-3H2,(H,15,16)(H,17,18). The molecule has 0 spiro atoms. The Kier molecular flexibility index (Phi) is 3.81. The summed E-state index contributed by atoms with van der Waals surface area (Å²) in [7, 11) is 0. The molecule has 2 atom stereocenters. The van der Waals surface area contributed by atoms with E-state index in [0.717, 1.165) is 6.42 Å². The molecule has 5 nitrogen and oxygen atoms in total. The van der Waals surface area contributed by atoms with Gasteiger partial charge in [0.15, 0.2) is 0 Å². The summed E-state index contributed by atoms with van der Waals surface area (Å²) in [5.41, 5.74) is 0.246. The van der Waals surface area contributed by atoms with Crippen molar-refractivity contribution >= 4 is 23.5 Å². The molecule has 2 rings (SSSR count). The lowest BCUT2D eigenvalue weighted by atomic mass is 10.0. The molecule has 1 heterocycles. The van der Waals surface area contributed by atoms with Gasteiger partial charge in [0.05, 0.1) is 10.9 Å². The number of amides is 1. The van der Waals surface area contributed by atoms with E-state index in [0.29, 0.717) is 17.9 Å². The number of carbonyl (C=O) groups excluding carboxylic acids is 1. The smallest absolute Gasteiger partial charge is 0.308 e. The third-order valence-electron chi connectivity index (χ3n) is 3.11. The van der Waals surface area contributed by atoms with Crippen molar-refractivity contribution in [3.05, 3.63) is 29.0 Å². The Morgan fingerprint density at radius 3 is 2.78 bits per heavy atom. The third kappa shape index (κ3) is 2.79. The number of aromatic nitrogens is 1. The van der Waals surface area contributed by atoms with Gasteiger partial charge in [-0.05, 0) is 25.0 Å². The zero-order valence-corrected chi connectivity index (χ0v) is 10.4. The summed E-state index contributed by atoms with van der Waals surface area (Å²) in [6.07, 6.45) is 3.50. The van der Waals surface area contributed by atoms with Crippen LogP contribution < -0.4 is 5.32 Å². The van der Waals surface area contributed by atoms with Crippen molar-refractivity contribution in [3.8, 4) is 0 Å².